The lowest BCUT2D eigenvalue weighted by Crippen LogP contribution is -2.42. The Kier molecular flexibility index (Phi) is 4.65. The summed E-state index contributed by atoms with van der Waals surface area (Å²) in [5.41, 5.74) is 2.20. The van der Waals surface area contributed by atoms with Gasteiger partial charge in [0, 0.05) is 24.3 Å². The van der Waals surface area contributed by atoms with Gasteiger partial charge < -0.3 is 15.5 Å². The number of anilines is 1. The zero-order valence-electron chi connectivity index (χ0n) is 12.8. The molecular formula is C16H25N3O. The summed E-state index contributed by atoms with van der Waals surface area (Å²) in [5.74, 6) is 0.0938. The molecule has 1 amide bonds. The predicted octanol–water partition coefficient (Wildman–Crippen LogP) is 2.04. The third-order valence-corrected chi connectivity index (χ3v) is 4.10. The van der Waals surface area contributed by atoms with Gasteiger partial charge >= 0.3 is 0 Å². The number of nitrogens with one attached hydrogen (secondary N) is 2. The summed E-state index contributed by atoms with van der Waals surface area (Å²) >= 11 is 0. The molecule has 3 unspecified atom stereocenters. The number of rotatable bonds is 4. The predicted molar refractivity (Wildman–Crippen MR) is 83.0 cm³/mol. The van der Waals surface area contributed by atoms with Crippen molar-refractivity contribution in [3.05, 3.63) is 29.8 Å². The number of hydrogen-bond acceptors (Lipinski definition) is 3. The minimum Gasteiger partial charge on any atom is -0.382 e. The van der Waals surface area contributed by atoms with Gasteiger partial charge in [-0.3, -0.25) is 4.79 Å². The van der Waals surface area contributed by atoms with Gasteiger partial charge in [-0.15, -0.1) is 0 Å². The number of carbonyl (C=O) groups excluding carboxylic acids is 1. The Morgan fingerprint density at radius 3 is 2.85 bits per heavy atom. The van der Waals surface area contributed by atoms with Crippen molar-refractivity contribution < 1.29 is 4.79 Å². The second-order valence-corrected chi connectivity index (χ2v) is 5.98. The molecule has 110 valence electrons. The molecule has 4 nitrogen and oxygen atoms in total. The number of amides is 1. The van der Waals surface area contributed by atoms with Crippen LogP contribution in [-0.4, -0.2) is 43.5 Å². The van der Waals surface area contributed by atoms with Crippen LogP contribution in [0.5, 0.6) is 0 Å². The van der Waals surface area contributed by atoms with Gasteiger partial charge in [0.25, 0.3) is 0 Å². The molecule has 3 atom stereocenters. The summed E-state index contributed by atoms with van der Waals surface area (Å²) in [6, 6.07) is 8.77. The summed E-state index contributed by atoms with van der Waals surface area (Å²) in [5, 5.41) is 6.53. The van der Waals surface area contributed by atoms with Crippen molar-refractivity contribution in [2.24, 2.45) is 0 Å². The molecule has 2 rings (SSSR count). The normalized spacial score (nSPS) is 22.9. The van der Waals surface area contributed by atoms with E-state index in [1.54, 1.807) is 0 Å². The number of carbonyl (C=O) groups is 1. The molecule has 0 bridgehead atoms. The monoisotopic (exact) mass is 275 g/mol. The Labute approximate surface area is 121 Å². The summed E-state index contributed by atoms with van der Waals surface area (Å²) in [6.07, 6.45) is 0.846. The maximum Gasteiger partial charge on any atom is 0.227 e. The fraction of sp³-hybridized carbons (Fsp3) is 0.562. The molecule has 1 aliphatic heterocycles. The van der Waals surface area contributed by atoms with E-state index in [0.717, 1.165) is 17.7 Å². The molecule has 1 aromatic carbocycles. The lowest BCUT2D eigenvalue weighted by Gasteiger charge is -2.31. The van der Waals surface area contributed by atoms with Crippen molar-refractivity contribution in [1.29, 1.82) is 0 Å². The molecule has 20 heavy (non-hydrogen) atoms. The van der Waals surface area contributed by atoms with E-state index in [0.29, 0.717) is 18.6 Å². The Morgan fingerprint density at radius 1 is 1.45 bits per heavy atom. The number of para-hydroxylation sites is 1. The number of benzene rings is 1. The van der Waals surface area contributed by atoms with E-state index >= 15 is 0 Å². The van der Waals surface area contributed by atoms with Gasteiger partial charge in [0.05, 0.1) is 5.92 Å². The Bertz CT molecular complexity index is 473. The van der Waals surface area contributed by atoms with Crippen LogP contribution < -0.4 is 10.6 Å². The SMILES string of the molecule is CC1CC(C(=O)NCC(C)N(C)C)c2ccccc2N1. The van der Waals surface area contributed by atoms with E-state index in [2.05, 4.69) is 29.4 Å². The van der Waals surface area contributed by atoms with Gasteiger partial charge in [0.1, 0.15) is 0 Å². The summed E-state index contributed by atoms with van der Waals surface area (Å²) < 4.78 is 0. The van der Waals surface area contributed by atoms with Gasteiger partial charge in [-0.2, -0.15) is 0 Å². The molecule has 0 radical (unpaired) electrons. The maximum atomic E-state index is 12.5. The van der Waals surface area contributed by atoms with E-state index in [1.807, 2.05) is 38.4 Å². The molecule has 2 N–H and O–H groups in total. The first kappa shape index (κ1) is 14.9. The Balaban J connectivity index is 2.07. The standard InChI is InChI=1S/C16H25N3O/c1-11-9-14(13-7-5-6-8-15(13)18-11)16(20)17-10-12(2)19(3)4/h5-8,11-12,14,18H,9-10H2,1-4H3,(H,17,20). The summed E-state index contributed by atoms with van der Waals surface area (Å²) in [6.45, 7) is 4.92. The van der Waals surface area contributed by atoms with Gasteiger partial charge in [0.15, 0.2) is 0 Å². The molecule has 4 heteroatoms. The number of fused-ring (bicyclic) bond motifs is 1. The average Bonchev–Trinajstić information content (AvgIpc) is 2.43. The van der Waals surface area contributed by atoms with Crippen molar-refractivity contribution in [3.63, 3.8) is 0 Å². The Hall–Kier alpha value is -1.55. The van der Waals surface area contributed by atoms with Crippen LogP contribution in [0.2, 0.25) is 0 Å². The van der Waals surface area contributed by atoms with Crippen LogP contribution >= 0.6 is 0 Å². The topological polar surface area (TPSA) is 44.4 Å². The number of likely N-dealkylation sites (N-methyl/N-ethyl adjacent to an activating group) is 1. The molecule has 1 heterocycles. The quantitative estimate of drug-likeness (QED) is 0.884. The molecule has 1 aromatic rings. The third kappa shape index (κ3) is 3.31. The molecule has 0 aliphatic carbocycles. The molecule has 0 saturated carbocycles. The highest BCUT2D eigenvalue weighted by Crippen LogP contribution is 2.34. The first-order valence-electron chi connectivity index (χ1n) is 7.28. The molecule has 1 aliphatic rings. The van der Waals surface area contributed by atoms with Crippen LogP contribution in [0.1, 0.15) is 31.7 Å². The van der Waals surface area contributed by atoms with Crippen LogP contribution in [-0.2, 0) is 4.79 Å². The van der Waals surface area contributed by atoms with Gasteiger partial charge in [0.2, 0.25) is 5.91 Å². The highest BCUT2D eigenvalue weighted by Gasteiger charge is 2.29. The van der Waals surface area contributed by atoms with Crippen molar-refractivity contribution in [3.8, 4) is 0 Å². The van der Waals surface area contributed by atoms with Crippen molar-refractivity contribution in [2.75, 3.05) is 26.0 Å². The second-order valence-electron chi connectivity index (χ2n) is 5.98. The summed E-state index contributed by atoms with van der Waals surface area (Å²) in [4.78, 5) is 14.6. The molecule has 0 saturated heterocycles. The highest BCUT2D eigenvalue weighted by atomic mass is 16.1. The van der Waals surface area contributed by atoms with Crippen LogP contribution in [0, 0.1) is 0 Å². The van der Waals surface area contributed by atoms with E-state index in [9.17, 15) is 4.79 Å². The number of hydrogen-bond donors (Lipinski definition) is 2. The lowest BCUT2D eigenvalue weighted by atomic mass is 9.87. The van der Waals surface area contributed by atoms with Crippen LogP contribution in [0.25, 0.3) is 0 Å². The Morgan fingerprint density at radius 2 is 2.15 bits per heavy atom. The minimum atomic E-state index is -0.0446. The molecule has 0 aromatic heterocycles. The first-order chi connectivity index (χ1) is 9.49. The molecule has 0 fully saturated rings. The van der Waals surface area contributed by atoms with Crippen LogP contribution in [0.15, 0.2) is 24.3 Å². The summed E-state index contributed by atoms with van der Waals surface area (Å²) in [7, 11) is 4.05. The smallest absolute Gasteiger partial charge is 0.227 e. The third-order valence-electron chi connectivity index (χ3n) is 4.10. The average molecular weight is 275 g/mol. The lowest BCUT2D eigenvalue weighted by molar-refractivity contribution is -0.123. The first-order valence-corrected chi connectivity index (χ1v) is 7.28. The van der Waals surface area contributed by atoms with E-state index in [4.69, 9.17) is 0 Å². The fourth-order valence-electron chi connectivity index (χ4n) is 2.54. The minimum absolute atomic E-state index is 0.0446. The van der Waals surface area contributed by atoms with Crippen molar-refractivity contribution >= 4 is 11.6 Å². The van der Waals surface area contributed by atoms with Crippen molar-refractivity contribution in [1.82, 2.24) is 10.2 Å². The second kappa shape index (κ2) is 6.27. The van der Waals surface area contributed by atoms with Gasteiger partial charge in [-0.25, -0.2) is 0 Å². The molecular weight excluding hydrogens is 250 g/mol. The van der Waals surface area contributed by atoms with E-state index in [1.165, 1.54) is 0 Å². The number of nitrogens with zero attached hydrogens (tertiary/aromatic N) is 1. The fourth-order valence-corrected chi connectivity index (χ4v) is 2.54. The zero-order chi connectivity index (χ0) is 14.7. The van der Waals surface area contributed by atoms with E-state index < -0.39 is 0 Å². The van der Waals surface area contributed by atoms with E-state index in [-0.39, 0.29) is 11.8 Å². The largest absolute Gasteiger partial charge is 0.382 e. The molecule has 0 spiro atoms. The van der Waals surface area contributed by atoms with Gasteiger partial charge in [-0.05, 0) is 46.0 Å². The van der Waals surface area contributed by atoms with Crippen molar-refractivity contribution in [2.45, 2.75) is 38.3 Å². The van der Waals surface area contributed by atoms with Crippen LogP contribution in [0.4, 0.5) is 5.69 Å². The van der Waals surface area contributed by atoms with Gasteiger partial charge in [-0.1, -0.05) is 18.2 Å². The maximum absolute atomic E-state index is 12.5. The zero-order valence-corrected chi connectivity index (χ0v) is 12.8. The highest BCUT2D eigenvalue weighted by molar-refractivity contribution is 5.86. The van der Waals surface area contributed by atoms with Crippen LogP contribution in [0.3, 0.4) is 0 Å².